The van der Waals surface area contributed by atoms with Crippen LogP contribution in [0.3, 0.4) is 0 Å². The molecule has 1 N–H and O–H groups in total. The molecule has 0 aliphatic rings. The maximum atomic E-state index is 13.4. The standard InChI is InChI=1S/C24H21FN4O2S/c1-16(23(30)26-19-12-14-21(31-2)15-13-19)32-24-28-27-22(17-8-10-18(25)11-9-17)29(24)20-6-4-3-5-7-20/h3-16H,1-2H3,(H,26,30). The molecule has 6 nitrogen and oxygen atoms in total. The Morgan fingerprint density at radius 3 is 2.34 bits per heavy atom. The third-order valence-corrected chi connectivity index (χ3v) is 5.80. The summed E-state index contributed by atoms with van der Waals surface area (Å²) >= 11 is 1.30. The van der Waals surface area contributed by atoms with Gasteiger partial charge in [-0.05, 0) is 67.6 Å². The lowest BCUT2D eigenvalue weighted by atomic mass is 10.2. The molecule has 1 atom stereocenters. The van der Waals surface area contributed by atoms with E-state index in [-0.39, 0.29) is 11.7 Å². The molecule has 32 heavy (non-hydrogen) atoms. The topological polar surface area (TPSA) is 69.0 Å². The minimum atomic E-state index is -0.440. The number of thioether (sulfide) groups is 1. The zero-order valence-corrected chi connectivity index (χ0v) is 18.3. The molecule has 0 spiro atoms. The third kappa shape index (κ3) is 4.81. The van der Waals surface area contributed by atoms with Gasteiger partial charge in [-0.3, -0.25) is 9.36 Å². The first kappa shape index (κ1) is 21.6. The van der Waals surface area contributed by atoms with Crippen molar-refractivity contribution in [2.24, 2.45) is 0 Å². The van der Waals surface area contributed by atoms with E-state index in [1.807, 2.05) is 41.8 Å². The summed E-state index contributed by atoms with van der Waals surface area (Å²) in [5.41, 5.74) is 2.26. The summed E-state index contributed by atoms with van der Waals surface area (Å²) < 4.78 is 20.4. The smallest absolute Gasteiger partial charge is 0.237 e. The molecular weight excluding hydrogens is 427 g/mol. The quantitative estimate of drug-likeness (QED) is 0.394. The summed E-state index contributed by atoms with van der Waals surface area (Å²) in [7, 11) is 1.59. The Morgan fingerprint density at radius 1 is 1.00 bits per heavy atom. The average Bonchev–Trinajstić information content (AvgIpc) is 3.24. The molecule has 162 valence electrons. The molecule has 0 aliphatic carbocycles. The Hall–Kier alpha value is -3.65. The number of anilines is 1. The third-order valence-electron chi connectivity index (χ3n) is 4.76. The lowest BCUT2D eigenvalue weighted by Crippen LogP contribution is -2.22. The molecule has 4 aromatic rings. The largest absolute Gasteiger partial charge is 0.497 e. The lowest BCUT2D eigenvalue weighted by Gasteiger charge is -2.14. The molecule has 4 rings (SSSR count). The van der Waals surface area contributed by atoms with Crippen LogP contribution in [0.4, 0.5) is 10.1 Å². The van der Waals surface area contributed by atoms with Crippen molar-refractivity contribution >= 4 is 23.4 Å². The van der Waals surface area contributed by atoms with Crippen LogP contribution in [0.15, 0.2) is 84.0 Å². The summed E-state index contributed by atoms with van der Waals surface area (Å²) in [6.07, 6.45) is 0. The fraction of sp³-hybridized carbons (Fsp3) is 0.125. The van der Waals surface area contributed by atoms with Crippen molar-refractivity contribution in [1.29, 1.82) is 0 Å². The van der Waals surface area contributed by atoms with E-state index in [9.17, 15) is 9.18 Å². The first-order valence-electron chi connectivity index (χ1n) is 9.93. The minimum absolute atomic E-state index is 0.161. The molecule has 1 aromatic heterocycles. The van der Waals surface area contributed by atoms with Crippen LogP contribution < -0.4 is 10.1 Å². The van der Waals surface area contributed by atoms with Gasteiger partial charge in [0.25, 0.3) is 0 Å². The molecule has 1 unspecified atom stereocenters. The summed E-state index contributed by atoms with van der Waals surface area (Å²) in [6.45, 7) is 1.81. The predicted octanol–water partition coefficient (Wildman–Crippen LogP) is 5.20. The Labute approximate surface area is 189 Å². The number of halogens is 1. The SMILES string of the molecule is COc1ccc(NC(=O)C(C)Sc2nnc(-c3ccc(F)cc3)n2-c2ccccc2)cc1. The monoisotopic (exact) mass is 448 g/mol. The van der Waals surface area contributed by atoms with E-state index in [4.69, 9.17) is 4.74 Å². The zero-order chi connectivity index (χ0) is 22.5. The van der Waals surface area contributed by atoms with Gasteiger partial charge in [-0.15, -0.1) is 10.2 Å². The fourth-order valence-electron chi connectivity index (χ4n) is 3.07. The molecule has 8 heteroatoms. The van der Waals surface area contributed by atoms with E-state index < -0.39 is 5.25 Å². The van der Waals surface area contributed by atoms with E-state index in [2.05, 4.69) is 15.5 Å². The lowest BCUT2D eigenvalue weighted by molar-refractivity contribution is -0.115. The molecule has 0 fully saturated rings. The van der Waals surface area contributed by atoms with Crippen LogP contribution >= 0.6 is 11.8 Å². The van der Waals surface area contributed by atoms with Gasteiger partial charge in [0.05, 0.1) is 12.4 Å². The molecule has 0 saturated carbocycles. The van der Waals surface area contributed by atoms with Gasteiger partial charge in [0.1, 0.15) is 11.6 Å². The van der Waals surface area contributed by atoms with Crippen LogP contribution in [0.2, 0.25) is 0 Å². The first-order chi connectivity index (χ1) is 15.5. The summed E-state index contributed by atoms with van der Waals surface area (Å²) in [4.78, 5) is 12.8. The van der Waals surface area contributed by atoms with Crippen molar-refractivity contribution in [2.45, 2.75) is 17.3 Å². The van der Waals surface area contributed by atoms with Gasteiger partial charge in [-0.25, -0.2) is 4.39 Å². The second-order valence-corrected chi connectivity index (χ2v) is 8.27. The van der Waals surface area contributed by atoms with Gasteiger partial charge in [0.15, 0.2) is 11.0 Å². The number of aromatic nitrogens is 3. The molecule has 0 aliphatic heterocycles. The number of nitrogens with zero attached hydrogens (tertiary/aromatic N) is 3. The van der Waals surface area contributed by atoms with Crippen LogP contribution in [0.5, 0.6) is 5.75 Å². The highest BCUT2D eigenvalue weighted by Gasteiger charge is 2.22. The Kier molecular flexibility index (Phi) is 6.51. The predicted molar refractivity (Wildman–Crippen MR) is 124 cm³/mol. The molecule has 3 aromatic carbocycles. The van der Waals surface area contributed by atoms with E-state index >= 15 is 0 Å². The second kappa shape index (κ2) is 9.65. The van der Waals surface area contributed by atoms with Gasteiger partial charge in [-0.2, -0.15) is 0 Å². The molecule has 1 amide bonds. The number of amides is 1. The number of para-hydroxylation sites is 1. The summed E-state index contributed by atoms with van der Waals surface area (Å²) in [6, 6.07) is 22.8. The maximum Gasteiger partial charge on any atom is 0.237 e. The van der Waals surface area contributed by atoms with Gasteiger partial charge in [0.2, 0.25) is 5.91 Å². The van der Waals surface area contributed by atoms with Gasteiger partial charge in [-0.1, -0.05) is 30.0 Å². The number of methoxy groups -OCH3 is 1. The molecular formula is C24H21FN4O2S. The van der Waals surface area contributed by atoms with Crippen LogP contribution in [0, 0.1) is 5.82 Å². The Bertz CT molecular complexity index is 1200. The molecule has 1 heterocycles. The zero-order valence-electron chi connectivity index (χ0n) is 17.5. The van der Waals surface area contributed by atoms with Crippen molar-refractivity contribution in [3.63, 3.8) is 0 Å². The van der Waals surface area contributed by atoms with Crippen molar-refractivity contribution in [2.75, 3.05) is 12.4 Å². The van der Waals surface area contributed by atoms with Gasteiger partial charge < -0.3 is 10.1 Å². The van der Waals surface area contributed by atoms with E-state index in [0.29, 0.717) is 16.7 Å². The highest BCUT2D eigenvalue weighted by Crippen LogP contribution is 2.30. The normalized spacial score (nSPS) is 11.7. The van der Waals surface area contributed by atoms with Crippen LogP contribution in [0.25, 0.3) is 17.1 Å². The van der Waals surface area contributed by atoms with Crippen molar-refractivity contribution < 1.29 is 13.9 Å². The first-order valence-corrected chi connectivity index (χ1v) is 10.8. The van der Waals surface area contributed by atoms with E-state index in [0.717, 1.165) is 17.0 Å². The molecule has 0 saturated heterocycles. The fourth-order valence-corrected chi connectivity index (χ4v) is 3.94. The number of hydrogen-bond donors (Lipinski definition) is 1. The number of nitrogens with one attached hydrogen (secondary N) is 1. The van der Waals surface area contributed by atoms with Crippen LogP contribution in [0.1, 0.15) is 6.92 Å². The van der Waals surface area contributed by atoms with Crippen LogP contribution in [-0.4, -0.2) is 33.0 Å². The highest BCUT2D eigenvalue weighted by molar-refractivity contribution is 8.00. The van der Waals surface area contributed by atoms with Crippen molar-refractivity contribution in [3.8, 4) is 22.8 Å². The Balaban J connectivity index is 1.60. The van der Waals surface area contributed by atoms with Gasteiger partial charge in [0, 0.05) is 16.9 Å². The average molecular weight is 449 g/mol. The number of benzene rings is 3. The number of ether oxygens (including phenoxy) is 1. The van der Waals surface area contributed by atoms with Crippen molar-refractivity contribution in [1.82, 2.24) is 14.8 Å². The van der Waals surface area contributed by atoms with E-state index in [1.54, 1.807) is 43.5 Å². The minimum Gasteiger partial charge on any atom is -0.497 e. The Morgan fingerprint density at radius 2 is 1.69 bits per heavy atom. The number of hydrogen-bond acceptors (Lipinski definition) is 5. The number of carbonyl (C=O) groups excluding carboxylic acids is 1. The van der Waals surface area contributed by atoms with E-state index in [1.165, 1.54) is 23.9 Å². The number of rotatable bonds is 7. The van der Waals surface area contributed by atoms with Gasteiger partial charge >= 0.3 is 0 Å². The highest BCUT2D eigenvalue weighted by atomic mass is 32.2. The maximum absolute atomic E-state index is 13.4. The molecule has 0 radical (unpaired) electrons. The van der Waals surface area contributed by atoms with Crippen molar-refractivity contribution in [3.05, 3.63) is 84.7 Å². The summed E-state index contributed by atoms with van der Waals surface area (Å²) in [5.74, 6) is 0.806. The van der Waals surface area contributed by atoms with Crippen LogP contribution in [-0.2, 0) is 4.79 Å². The molecule has 0 bridgehead atoms. The summed E-state index contributed by atoms with van der Waals surface area (Å²) in [5, 5.41) is 11.7. The second-order valence-electron chi connectivity index (χ2n) is 6.96. The number of carbonyl (C=O) groups is 1.